The van der Waals surface area contributed by atoms with Crippen molar-refractivity contribution in [2.24, 2.45) is 28.2 Å². The monoisotopic (exact) mass is 1530 g/mol. The molecule has 22 aromatic rings. The molecule has 2 aliphatic rings. The van der Waals surface area contributed by atoms with Gasteiger partial charge in [-0.2, -0.15) is 0 Å². The molecule has 0 unspecified atom stereocenters. The lowest BCUT2D eigenvalue weighted by atomic mass is 9.69. The van der Waals surface area contributed by atoms with Crippen LogP contribution in [0.2, 0.25) is 0 Å². The summed E-state index contributed by atoms with van der Waals surface area (Å²) in [4.78, 5) is 0. The molecule has 117 heavy (non-hydrogen) atoms. The summed E-state index contributed by atoms with van der Waals surface area (Å²) in [5.74, 6) is 0. The summed E-state index contributed by atoms with van der Waals surface area (Å²) in [6, 6.07) is 118. The minimum Gasteiger partial charge on any atom is -0.456 e. The fraction of sp³-hybridized carbons (Fsp3) is 0.135. The second kappa shape index (κ2) is 30.5. The average Bonchev–Trinajstić information content (AvgIpc) is 1.50. The molecule has 6 heterocycles. The van der Waals surface area contributed by atoms with Gasteiger partial charge in [0.15, 0.2) is 0 Å². The van der Waals surface area contributed by atoms with Gasteiger partial charge in [0.25, 0.3) is 0 Å². The van der Waals surface area contributed by atoms with Crippen LogP contribution in [0.1, 0.15) is 77.9 Å². The maximum Gasteiger partial charge on any atom is 0.135 e. The van der Waals surface area contributed by atoms with Crippen molar-refractivity contribution in [3.05, 3.63) is 405 Å². The predicted octanol–water partition coefficient (Wildman–Crippen LogP) is 30.1. The molecule has 0 bridgehead atoms. The molecule has 0 N–H and O–H groups in total. The Hall–Kier alpha value is -13.3. The normalized spacial score (nSPS) is 12.1. The van der Waals surface area contributed by atoms with Gasteiger partial charge in [0.05, 0.1) is 10.9 Å². The van der Waals surface area contributed by atoms with E-state index in [1.807, 2.05) is 29.5 Å². The van der Waals surface area contributed by atoms with E-state index in [-0.39, 0.29) is 5.41 Å². The second-order valence-corrected chi connectivity index (χ2v) is 33.3. The quantitative estimate of drug-likeness (QED) is 0.149. The van der Waals surface area contributed by atoms with Gasteiger partial charge < -0.3 is 22.7 Å². The number of furan rings is 1. The lowest BCUT2D eigenvalue weighted by Crippen LogP contribution is -2.26. The minimum atomic E-state index is -0.199. The Morgan fingerprint density at radius 3 is 1.32 bits per heavy atom. The van der Waals surface area contributed by atoms with E-state index in [1.165, 1.54) is 218 Å². The van der Waals surface area contributed by atoms with E-state index in [1.54, 1.807) is 0 Å². The number of aromatic nitrogens is 4. The Balaban J connectivity index is 0.0000000956. The number of aryl methyl sites for hydroxylation is 14. The molecule has 5 nitrogen and oxygen atoms in total. The molecule has 16 aromatic carbocycles. The van der Waals surface area contributed by atoms with Crippen molar-refractivity contribution in [2.75, 3.05) is 0 Å². The van der Waals surface area contributed by atoms with Crippen molar-refractivity contribution in [3.8, 4) is 22.3 Å². The Kier molecular flexibility index (Phi) is 19.6. The van der Waals surface area contributed by atoms with Gasteiger partial charge in [0.2, 0.25) is 0 Å². The van der Waals surface area contributed by atoms with Gasteiger partial charge in [-0.3, -0.25) is 0 Å². The van der Waals surface area contributed by atoms with Crippen molar-refractivity contribution in [1.82, 2.24) is 18.3 Å². The third-order valence-corrected chi connectivity index (χ3v) is 25.8. The van der Waals surface area contributed by atoms with E-state index < -0.39 is 0 Å². The number of rotatable bonds is 0. The molecule has 1 spiro atoms. The zero-order chi connectivity index (χ0) is 80.7. The molecule has 24 rings (SSSR count). The fourth-order valence-electron chi connectivity index (χ4n) is 19.2. The molecular formula is C111H96N4OS. The van der Waals surface area contributed by atoms with Gasteiger partial charge in [-0.15, -0.1) is 11.3 Å². The zero-order valence-electron chi connectivity index (χ0n) is 69.3. The maximum atomic E-state index is 5.79. The molecule has 6 heteroatoms. The number of hydrogen-bond acceptors (Lipinski definition) is 2. The van der Waals surface area contributed by atoms with Gasteiger partial charge in [-0.25, -0.2) is 0 Å². The second-order valence-electron chi connectivity index (χ2n) is 32.2. The zero-order valence-corrected chi connectivity index (χ0v) is 70.1. The summed E-state index contributed by atoms with van der Waals surface area (Å²) in [6.07, 6.45) is 0. The van der Waals surface area contributed by atoms with Gasteiger partial charge >= 0.3 is 0 Å². The molecule has 0 amide bonds. The summed E-state index contributed by atoms with van der Waals surface area (Å²) in [6.45, 7) is 21.7. The smallest absolute Gasteiger partial charge is 0.135 e. The van der Waals surface area contributed by atoms with E-state index in [2.05, 4.69) is 425 Å². The highest BCUT2D eigenvalue weighted by molar-refractivity contribution is 7.25. The van der Waals surface area contributed by atoms with Gasteiger partial charge in [0.1, 0.15) is 11.2 Å². The molecule has 0 saturated carbocycles. The van der Waals surface area contributed by atoms with Crippen LogP contribution < -0.4 is 0 Å². The molecule has 0 atom stereocenters. The van der Waals surface area contributed by atoms with Crippen molar-refractivity contribution in [2.45, 2.75) is 74.7 Å². The summed E-state index contributed by atoms with van der Waals surface area (Å²) >= 11 is 1.88. The third kappa shape index (κ3) is 12.9. The largest absolute Gasteiger partial charge is 0.456 e. The minimum absolute atomic E-state index is 0.199. The first-order chi connectivity index (χ1) is 56.9. The van der Waals surface area contributed by atoms with Crippen LogP contribution in [0, 0.1) is 69.2 Å². The number of fused-ring (bicyclic) bond motifs is 28. The number of hydrogen-bond donors (Lipinski definition) is 0. The first-order valence-electron chi connectivity index (χ1n) is 40.8. The van der Waals surface area contributed by atoms with Gasteiger partial charge in [-0.1, -0.05) is 259 Å². The van der Waals surface area contributed by atoms with Crippen LogP contribution in [0.25, 0.3) is 152 Å². The van der Waals surface area contributed by atoms with Gasteiger partial charge in [0, 0.05) is 141 Å². The van der Waals surface area contributed by atoms with Crippen molar-refractivity contribution in [3.63, 3.8) is 0 Å². The Bertz CT molecular complexity index is 7440. The third-order valence-electron chi connectivity index (χ3n) is 24.7. The Labute approximate surface area is 689 Å². The first-order valence-corrected chi connectivity index (χ1v) is 41.6. The molecule has 572 valence electrons. The van der Waals surface area contributed by atoms with E-state index in [0.29, 0.717) is 0 Å². The van der Waals surface area contributed by atoms with E-state index in [4.69, 9.17) is 4.42 Å². The average molecular weight is 1530 g/mol. The topological polar surface area (TPSA) is 32.9 Å². The van der Waals surface area contributed by atoms with Crippen LogP contribution >= 0.6 is 11.3 Å². The number of benzene rings is 16. The summed E-state index contributed by atoms with van der Waals surface area (Å²) in [5, 5.41) is 16.1. The summed E-state index contributed by atoms with van der Waals surface area (Å²) in [7, 11) is 8.52. The Morgan fingerprint density at radius 1 is 0.239 bits per heavy atom. The standard InChI is InChI=1S/C27H20.4C14H13N.C14H12O.C14H12S/c1-17-15-16-18(2)26-25(17)21-11-5-8-14-24(21)27(26)22-12-6-3-9-19(22)20-10-4-7-13-23(20)27;1-10-6-5-8-12-11-7-3-4-9-13(11)15(2)14(10)12;1-10-6-5-9-13-14(10)11-7-3-4-8-12(11)15(13)2;1-10-7-8-14-12(9-10)11-5-3-4-6-13(11)15(14)2;1-10-7-8-12-11-5-3-4-6-13(11)15(2)14(12)9-10;2*1-9-6-7-12-11(8-9)14-10(2)4-3-5-13(14)15-12/h3-16H,1-2H3;4*3-9H,1-2H3;2*3-8H,1-2H3. The molecule has 6 aromatic heterocycles. The highest BCUT2D eigenvalue weighted by atomic mass is 32.1. The van der Waals surface area contributed by atoms with Crippen LogP contribution in [0.15, 0.2) is 332 Å². The van der Waals surface area contributed by atoms with E-state index in [9.17, 15) is 0 Å². The number of nitrogens with zero attached hydrogens (tertiary/aromatic N) is 4. The van der Waals surface area contributed by atoms with Crippen LogP contribution in [-0.4, -0.2) is 18.3 Å². The Morgan fingerprint density at radius 2 is 0.658 bits per heavy atom. The first kappa shape index (κ1) is 75.1. The molecule has 2 aliphatic carbocycles. The number of para-hydroxylation sites is 5. The maximum absolute atomic E-state index is 5.79. The van der Waals surface area contributed by atoms with Crippen LogP contribution in [-0.2, 0) is 33.6 Å². The highest BCUT2D eigenvalue weighted by Crippen LogP contribution is 2.64. The van der Waals surface area contributed by atoms with Crippen molar-refractivity contribution in [1.29, 1.82) is 0 Å². The lowest BCUT2D eigenvalue weighted by molar-refractivity contribution is 0.668. The number of thiophene rings is 1. The van der Waals surface area contributed by atoms with E-state index >= 15 is 0 Å². The van der Waals surface area contributed by atoms with E-state index in [0.717, 1.165) is 11.2 Å². The SMILES string of the molecule is Cc1ccc(C)c2c1-c1ccccc1C21c2ccccc2-c2ccccc21.Cc1ccc2c(c1)c1ccccc1n2C.Cc1ccc2c3ccccc3n(C)c2c1.Cc1ccc2oc3cccc(C)c3c2c1.Cc1ccc2sc3cccc(C)c3c2c1.Cc1cccc2c1c1ccccc1n2C.Cc1cccc2c3ccccc3n(C)c12. The van der Waals surface area contributed by atoms with Crippen LogP contribution in [0.4, 0.5) is 0 Å². The van der Waals surface area contributed by atoms with Crippen molar-refractivity contribution >= 4 is 141 Å². The molecule has 0 radical (unpaired) electrons. The molecule has 0 saturated heterocycles. The van der Waals surface area contributed by atoms with Crippen LogP contribution in [0.3, 0.4) is 0 Å². The summed E-state index contributed by atoms with van der Waals surface area (Å²) in [5.41, 5.74) is 36.9. The molecular weight excluding hydrogens is 1440 g/mol. The molecule has 0 aliphatic heterocycles. The van der Waals surface area contributed by atoms with Crippen molar-refractivity contribution < 1.29 is 4.42 Å². The van der Waals surface area contributed by atoms with Gasteiger partial charge in [-0.05, 0) is 238 Å². The molecule has 0 fully saturated rings. The highest BCUT2D eigenvalue weighted by Gasteiger charge is 2.52. The summed E-state index contributed by atoms with van der Waals surface area (Å²) < 4.78 is 17.6. The lowest BCUT2D eigenvalue weighted by Gasteiger charge is -2.31. The van der Waals surface area contributed by atoms with Crippen LogP contribution in [0.5, 0.6) is 0 Å². The fourth-order valence-corrected chi connectivity index (χ4v) is 20.4. The predicted molar refractivity (Wildman–Crippen MR) is 505 cm³/mol.